The van der Waals surface area contributed by atoms with Gasteiger partial charge in [-0.3, -0.25) is 9.48 Å². The molecule has 1 aromatic rings. The van der Waals surface area contributed by atoms with Gasteiger partial charge in [0.25, 0.3) is 0 Å². The highest BCUT2D eigenvalue weighted by molar-refractivity contribution is 5.90. The van der Waals surface area contributed by atoms with E-state index in [0.29, 0.717) is 6.42 Å². The molecule has 0 spiro atoms. The fourth-order valence-corrected chi connectivity index (χ4v) is 2.83. The summed E-state index contributed by atoms with van der Waals surface area (Å²) in [5, 5.41) is 7.43. The fraction of sp³-hybridized carbons (Fsp3) is 0.733. The number of aromatic nitrogens is 2. The Morgan fingerprint density at radius 1 is 1.30 bits per heavy atom. The molecule has 1 aromatic heterocycles. The molecule has 1 N–H and O–H groups in total. The molecule has 0 bridgehead atoms. The van der Waals surface area contributed by atoms with E-state index in [9.17, 15) is 4.79 Å². The first kappa shape index (κ1) is 15.0. The van der Waals surface area contributed by atoms with Gasteiger partial charge in [-0.05, 0) is 39.3 Å². The van der Waals surface area contributed by atoms with Crippen LogP contribution in [0.2, 0.25) is 0 Å². The number of carbonyl (C=O) groups excluding carboxylic acids is 1. The largest absolute Gasteiger partial charge is 0.311 e. The average molecular weight is 278 g/mol. The van der Waals surface area contributed by atoms with E-state index < -0.39 is 0 Å². The lowest BCUT2D eigenvalue weighted by atomic mass is 10.1. The molecule has 0 aromatic carbocycles. The average Bonchev–Trinajstić information content (AvgIpc) is 2.73. The third-order valence-corrected chi connectivity index (χ3v) is 4.08. The van der Waals surface area contributed by atoms with Gasteiger partial charge < -0.3 is 10.2 Å². The Morgan fingerprint density at radius 3 is 2.60 bits per heavy atom. The van der Waals surface area contributed by atoms with Crippen molar-refractivity contribution in [1.29, 1.82) is 0 Å². The number of piperidine rings is 1. The van der Waals surface area contributed by atoms with Crippen molar-refractivity contribution in [3.63, 3.8) is 0 Å². The Hall–Kier alpha value is -1.36. The summed E-state index contributed by atoms with van der Waals surface area (Å²) in [7, 11) is 1.88. The normalized spacial score (nSPS) is 16.4. The van der Waals surface area contributed by atoms with E-state index in [-0.39, 0.29) is 5.91 Å². The third kappa shape index (κ3) is 3.60. The van der Waals surface area contributed by atoms with Crippen molar-refractivity contribution in [3.8, 4) is 0 Å². The maximum Gasteiger partial charge on any atom is 0.226 e. The number of hydrogen-bond acceptors (Lipinski definition) is 3. The van der Waals surface area contributed by atoms with Crippen molar-refractivity contribution in [2.45, 2.75) is 46.0 Å². The fourth-order valence-electron chi connectivity index (χ4n) is 2.83. The predicted octanol–water partition coefficient (Wildman–Crippen LogP) is 2.11. The lowest BCUT2D eigenvalue weighted by Crippen LogP contribution is -2.32. The zero-order valence-electron chi connectivity index (χ0n) is 12.9. The summed E-state index contributed by atoms with van der Waals surface area (Å²) in [6.45, 7) is 7.24. The number of anilines is 1. The summed E-state index contributed by atoms with van der Waals surface area (Å²) in [5.74, 6) is 0.926. The van der Waals surface area contributed by atoms with E-state index in [0.717, 1.165) is 43.1 Å². The molecule has 2 rings (SSSR count). The zero-order valence-corrected chi connectivity index (χ0v) is 12.9. The summed E-state index contributed by atoms with van der Waals surface area (Å²) in [4.78, 5) is 14.5. The van der Waals surface area contributed by atoms with Crippen molar-refractivity contribution >= 4 is 11.7 Å². The molecule has 1 saturated heterocycles. The quantitative estimate of drug-likeness (QED) is 0.897. The summed E-state index contributed by atoms with van der Waals surface area (Å²) in [6, 6.07) is 0. The molecule has 0 unspecified atom stereocenters. The second-order valence-electron chi connectivity index (χ2n) is 5.60. The SMILES string of the molecule is CCc1nn(C)c(NC(=O)CCN2CCCCC2)c1C. The summed E-state index contributed by atoms with van der Waals surface area (Å²) < 4.78 is 1.77. The Morgan fingerprint density at radius 2 is 2.00 bits per heavy atom. The second-order valence-corrected chi connectivity index (χ2v) is 5.60. The minimum atomic E-state index is 0.0873. The van der Waals surface area contributed by atoms with Crippen LogP contribution in [0.1, 0.15) is 43.9 Å². The number of likely N-dealkylation sites (tertiary alicyclic amines) is 1. The van der Waals surface area contributed by atoms with E-state index in [1.165, 1.54) is 19.3 Å². The van der Waals surface area contributed by atoms with Gasteiger partial charge in [0.05, 0.1) is 5.69 Å². The number of nitrogens with one attached hydrogen (secondary N) is 1. The van der Waals surface area contributed by atoms with Gasteiger partial charge in [0.15, 0.2) is 0 Å². The molecule has 112 valence electrons. The molecule has 5 heteroatoms. The smallest absolute Gasteiger partial charge is 0.226 e. The van der Waals surface area contributed by atoms with Crippen molar-refractivity contribution < 1.29 is 4.79 Å². The van der Waals surface area contributed by atoms with Crippen LogP contribution in [0.4, 0.5) is 5.82 Å². The van der Waals surface area contributed by atoms with Gasteiger partial charge in [0.2, 0.25) is 5.91 Å². The highest BCUT2D eigenvalue weighted by Gasteiger charge is 2.15. The van der Waals surface area contributed by atoms with Gasteiger partial charge >= 0.3 is 0 Å². The Bertz CT molecular complexity index is 461. The first-order valence-electron chi connectivity index (χ1n) is 7.66. The zero-order chi connectivity index (χ0) is 14.5. The Kier molecular flexibility index (Phi) is 5.17. The number of rotatable bonds is 5. The summed E-state index contributed by atoms with van der Waals surface area (Å²) >= 11 is 0. The van der Waals surface area contributed by atoms with Gasteiger partial charge in [-0.1, -0.05) is 13.3 Å². The minimum Gasteiger partial charge on any atom is -0.311 e. The van der Waals surface area contributed by atoms with Gasteiger partial charge in [0.1, 0.15) is 5.82 Å². The molecule has 20 heavy (non-hydrogen) atoms. The van der Waals surface area contributed by atoms with Gasteiger partial charge in [0, 0.05) is 25.6 Å². The molecule has 0 atom stereocenters. The van der Waals surface area contributed by atoms with E-state index in [1.807, 2.05) is 14.0 Å². The second kappa shape index (κ2) is 6.88. The van der Waals surface area contributed by atoms with E-state index in [4.69, 9.17) is 0 Å². The summed E-state index contributed by atoms with van der Waals surface area (Å²) in [6.07, 6.45) is 5.32. The molecule has 1 aliphatic heterocycles. The minimum absolute atomic E-state index is 0.0873. The molecule has 0 saturated carbocycles. The van der Waals surface area contributed by atoms with Crippen molar-refractivity contribution in [3.05, 3.63) is 11.3 Å². The van der Waals surface area contributed by atoms with Crippen molar-refractivity contribution in [1.82, 2.24) is 14.7 Å². The van der Waals surface area contributed by atoms with Crippen LogP contribution in [0.25, 0.3) is 0 Å². The Balaban J connectivity index is 1.86. The molecule has 5 nitrogen and oxygen atoms in total. The standard InChI is InChI=1S/C15H26N4O/c1-4-13-12(2)15(18(3)17-13)16-14(20)8-11-19-9-6-5-7-10-19/h4-11H2,1-3H3,(H,16,20). The molecular weight excluding hydrogens is 252 g/mol. The Labute approximate surface area is 121 Å². The van der Waals surface area contributed by atoms with Gasteiger partial charge in [-0.15, -0.1) is 0 Å². The van der Waals surface area contributed by atoms with Gasteiger partial charge in [-0.25, -0.2) is 0 Å². The van der Waals surface area contributed by atoms with E-state index in [2.05, 4.69) is 22.2 Å². The van der Waals surface area contributed by atoms with Crippen molar-refractivity contribution in [2.24, 2.45) is 7.05 Å². The summed E-state index contributed by atoms with van der Waals surface area (Å²) in [5.41, 5.74) is 2.14. The number of carbonyl (C=O) groups is 1. The number of amides is 1. The predicted molar refractivity (Wildman–Crippen MR) is 80.9 cm³/mol. The number of aryl methyl sites for hydroxylation is 2. The first-order valence-corrected chi connectivity index (χ1v) is 7.66. The maximum absolute atomic E-state index is 12.1. The van der Waals surface area contributed by atoms with Crippen LogP contribution in [0.3, 0.4) is 0 Å². The topological polar surface area (TPSA) is 50.2 Å². The lowest BCUT2D eigenvalue weighted by molar-refractivity contribution is -0.116. The highest BCUT2D eigenvalue weighted by Crippen LogP contribution is 2.18. The molecule has 0 radical (unpaired) electrons. The first-order chi connectivity index (χ1) is 9.61. The molecule has 1 amide bonds. The van der Waals surface area contributed by atoms with Crippen LogP contribution < -0.4 is 5.32 Å². The van der Waals surface area contributed by atoms with Crippen LogP contribution in [0, 0.1) is 6.92 Å². The van der Waals surface area contributed by atoms with Crippen molar-refractivity contribution in [2.75, 3.05) is 25.0 Å². The monoisotopic (exact) mass is 278 g/mol. The van der Waals surface area contributed by atoms with Crippen LogP contribution >= 0.6 is 0 Å². The molecule has 2 heterocycles. The molecular formula is C15H26N4O. The lowest BCUT2D eigenvalue weighted by Gasteiger charge is -2.25. The molecule has 0 aliphatic carbocycles. The number of nitrogens with zero attached hydrogens (tertiary/aromatic N) is 3. The van der Waals surface area contributed by atoms with E-state index >= 15 is 0 Å². The van der Waals surface area contributed by atoms with Gasteiger partial charge in [-0.2, -0.15) is 5.10 Å². The maximum atomic E-state index is 12.1. The van der Waals surface area contributed by atoms with Crippen LogP contribution in [0.15, 0.2) is 0 Å². The third-order valence-electron chi connectivity index (χ3n) is 4.08. The molecule has 1 fully saturated rings. The van der Waals surface area contributed by atoms with Crippen LogP contribution in [0.5, 0.6) is 0 Å². The highest BCUT2D eigenvalue weighted by atomic mass is 16.1. The van der Waals surface area contributed by atoms with E-state index in [1.54, 1.807) is 4.68 Å². The van der Waals surface area contributed by atoms with Crippen LogP contribution in [-0.4, -0.2) is 40.2 Å². The number of hydrogen-bond donors (Lipinski definition) is 1. The van der Waals surface area contributed by atoms with Crippen LogP contribution in [-0.2, 0) is 18.3 Å². The molecule has 1 aliphatic rings.